The maximum atomic E-state index is 13.4. The van der Waals surface area contributed by atoms with E-state index in [1.165, 1.54) is 11.3 Å². The van der Waals surface area contributed by atoms with Crippen LogP contribution in [0.2, 0.25) is 0 Å². The van der Waals surface area contributed by atoms with Crippen molar-refractivity contribution in [2.75, 3.05) is 19.1 Å². The van der Waals surface area contributed by atoms with Crippen LogP contribution in [0.4, 0.5) is 5.13 Å². The van der Waals surface area contributed by atoms with Gasteiger partial charge in [-0.15, -0.1) is 0 Å². The third-order valence-corrected chi connectivity index (χ3v) is 6.10. The van der Waals surface area contributed by atoms with Crippen molar-refractivity contribution in [1.82, 2.24) is 14.8 Å². The second kappa shape index (κ2) is 8.77. The lowest BCUT2D eigenvalue weighted by Gasteiger charge is -2.20. The van der Waals surface area contributed by atoms with Crippen molar-refractivity contribution < 1.29 is 14.3 Å². The average Bonchev–Trinajstić information content (AvgIpc) is 3.34. The average molecular weight is 437 g/mol. The van der Waals surface area contributed by atoms with Gasteiger partial charge in [0, 0.05) is 5.69 Å². The van der Waals surface area contributed by atoms with E-state index in [0.29, 0.717) is 28.7 Å². The maximum Gasteiger partial charge on any atom is 0.250 e. The maximum absolute atomic E-state index is 13.4. The first-order chi connectivity index (χ1) is 15.0. The number of hydrogen-bond donors (Lipinski definition) is 0. The fraction of sp³-hybridized carbons (Fsp3) is 0.261. The fourth-order valence-corrected chi connectivity index (χ4v) is 4.56. The monoisotopic (exact) mass is 436 g/mol. The molecule has 0 atom stereocenters. The normalized spacial score (nSPS) is 11.0. The van der Waals surface area contributed by atoms with Gasteiger partial charge in [-0.1, -0.05) is 41.7 Å². The number of benzene rings is 2. The second-order valence-electron chi connectivity index (χ2n) is 7.19. The molecule has 2 heterocycles. The Bertz CT molecular complexity index is 1180. The molecule has 0 radical (unpaired) electrons. The minimum atomic E-state index is -0.0907. The van der Waals surface area contributed by atoms with Crippen LogP contribution in [0.3, 0.4) is 0 Å². The SMILES string of the molecule is COc1ccc(OC)c2sc(N(Cc3ccccc3)C(=O)Cn3nc(C)cc3C)nc12. The molecule has 8 heteroatoms. The highest BCUT2D eigenvalue weighted by molar-refractivity contribution is 7.22. The Labute approximate surface area is 184 Å². The molecule has 0 spiro atoms. The van der Waals surface area contributed by atoms with Gasteiger partial charge in [0.25, 0.3) is 5.91 Å². The lowest BCUT2D eigenvalue weighted by molar-refractivity contribution is -0.119. The Balaban J connectivity index is 1.76. The van der Waals surface area contributed by atoms with Gasteiger partial charge >= 0.3 is 0 Å². The zero-order valence-electron chi connectivity index (χ0n) is 18.0. The molecular formula is C23H24N4O3S. The third-order valence-electron chi connectivity index (χ3n) is 5.00. The van der Waals surface area contributed by atoms with Crippen LogP contribution in [0.1, 0.15) is 17.0 Å². The minimum Gasteiger partial charge on any atom is -0.495 e. The van der Waals surface area contributed by atoms with Crippen LogP contribution in [0.5, 0.6) is 11.5 Å². The molecule has 31 heavy (non-hydrogen) atoms. The summed E-state index contributed by atoms with van der Waals surface area (Å²) in [4.78, 5) is 19.9. The van der Waals surface area contributed by atoms with Gasteiger partial charge < -0.3 is 9.47 Å². The highest BCUT2D eigenvalue weighted by Gasteiger charge is 2.24. The minimum absolute atomic E-state index is 0.0907. The van der Waals surface area contributed by atoms with Crippen LogP contribution in [-0.4, -0.2) is 34.9 Å². The summed E-state index contributed by atoms with van der Waals surface area (Å²) >= 11 is 1.41. The highest BCUT2D eigenvalue weighted by Crippen LogP contribution is 2.40. The van der Waals surface area contributed by atoms with Gasteiger partial charge in [-0.3, -0.25) is 14.4 Å². The molecule has 0 saturated heterocycles. The van der Waals surface area contributed by atoms with E-state index in [2.05, 4.69) is 5.10 Å². The molecular weight excluding hydrogens is 412 g/mol. The lowest BCUT2D eigenvalue weighted by Crippen LogP contribution is -2.34. The molecule has 0 aliphatic rings. The summed E-state index contributed by atoms with van der Waals surface area (Å²) in [5.41, 5.74) is 3.52. The number of rotatable bonds is 7. The number of hydrogen-bond acceptors (Lipinski definition) is 6. The zero-order valence-corrected chi connectivity index (χ0v) is 18.8. The summed E-state index contributed by atoms with van der Waals surface area (Å²) in [6.07, 6.45) is 0. The van der Waals surface area contributed by atoms with E-state index < -0.39 is 0 Å². The van der Waals surface area contributed by atoms with Gasteiger partial charge in [0.1, 0.15) is 28.3 Å². The number of anilines is 1. The van der Waals surface area contributed by atoms with Crippen LogP contribution in [0.15, 0.2) is 48.5 Å². The Morgan fingerprint density at radius 1 is 1.06 bits per heavy atom. The van der Waals surface area contributed by atoms with Gasteiger partial charge in [0.15, 0.2) is 5.13 Å². The highest BCUT2D eigenvalue weighted by atomic mass is 32.1. The standard InChI is InChI=1S/C23H24N4O3S/c1-15-12-16(2)27(25-15)14-20(28)26(13-17-8-6-5-7-9-17)23-24-21-18(29-3)10-11-19(30-4)22(21)31-23/h5-12H,13-14H2,1-4H3. The Morgan fingerprint density at radius 3 is 2.42 bits per heavy atom. The van der Waals surface area contributed by atoms with Crippen molar-refractivity contribution in [3.05, 3.63) is 65.5 Å². The van der Waals surface area contributed by atoms with Crippen molar-refractivity contribution in [3.8, 4) is 11.5 Å². The topological polar surface area (TPSA) is 69.5 Å². The smallest absolute Gasteiger partial charge is 0.250 e. The molecule has 0 aliphatic heterocycles. The van der Waals surface area contributed by atoms with Crippen molar-refractivity contribution in [1.29, 1.82) is 0 Å². The van der Waals surface area contributed by atoms with E-state index in [0.717, 1.165) is 21.7 Å². The number of carbonyl (C=O) groups is 1. The number of aromatic nitrogens is 3. The van der Waals surface area contributed by atoms with Gasteiger partial charge in [-0.05, 0) is 37.6 Å². The van der Waals surface area contributed by atoms with E-state index in [1.54, 1.807) is 23.8 Å². The molecule has 4 aromatic rings. The number of thiazole rings is 1. The predicted molar refractivity (Wildman–Crippen MR) is 122 cm³/mol. The summed E-state index contributed by atoms with van der Waals surface area (Å²) < 4.78 is 13.6. The molecule has 4 rings (SSSR count). The van der Waals surface area contributed by atoms with Crippen LogP contribution in [-0.2, 0) is 17.9 Å². The number of fused-ring (bicyclic) bond motifs is 1. The summed E-state index contributed by atoms with van der Waals surface area (Å²) in [7, 11) is 3.23. The molecule has 1 amide bonds. The molecule has 160 valence electrons. The van der Waals surface area contributed by atoms with E-state index in [4.69, 9.17) is 14.5 Å². The summed E-state index contributed by atoms with van der Waals surface area (Å²) in [5, 5.41) is 5.03. The largest absolute Gasteiger partial charge is 0.495 e. The van der Waals surface area contributed by atoms with Crippen molar-refractivity contribution in [2.24, 2.45) is 0 Å². The fourth-order valence-electron chi connectivity index (χ4n) is 3.47. The first kappa shape index (κ1) is 20.9. The molecule has 0 unspecified atom stereocenters. The quantitative estimate of drug-likeness (QED) is 0.431. The Kier molecular flexibility index (Phi) is 5.90. The molecule has 2 aromatic carbocycles. The van der Waals surface area contributed by atoms with Crippen LogP contribution in [0.25, 0.3) is 10.2 Å². The third kappa shape index (κ3) is 4.25. The number of nitrogens with zero attached hydrogens (tertiary/aromatic N) is 4. The molecule has 7 nitrogen and oxygen atoms in total. The predicted octanol–water partition coefficient (Wildman–Crippen LogP) is 4.36. The van der Waals surface area contributed by atoms with E-state index >= 15 is 0 Å². The van der Waals surface area contributed by atoms with Gasteiger partial charge in [0.05, 0.1) is 26.5 Å². The van der Waals surface area contributed by atoms with Gasteiger partial charge in [-0.2, -0.15) is 5.10 Å². The molecule has 0 saturated carbocycles. The number of methoxy groups -OCH3 is 2. The number of amides is 1. The van der Waals surface area contributed by atoms with Crippen LogP contribution < -0.4 is 14.4 Å². The number of ether oxygens (including phenoxy) is 2. The molecule has 0 aliphatic carbocycles. The van der Waals surface area contributed by atoms with Crippen LogP contribution in [0, 0.1) is 13.8 Å². The Hall–Kier alpha value is -3.39. The Morgan fingerprint density at radius 2 is 1.77 bits per heavy atom. The molecule has 2 aromatic heterocycles. The number of aryl methyl sites for hydroxylation is 2. The van der Waals surface area contributed by atoms with Crippen LogP contribution >= 0.6 is 11.3 Å². The van der Waals surface area contributed by atoms with Gasteiger partial charge in [0.2, 0.25) is 0 Å². The summed E-state index contributed by atoms with van der Waals surface area (Å²) in [5.74, 6) is 1.25. The summed E-state index contributed by atoms with van der Waals surface area (Å²) in [6.45, 7) is 4.41. The molecule has 0 bridgehead atoms. The van der Waals surface area contributed by atoms with Crippen molar-refractivity contribution in [3.63, 3.8) is 0 Å². The first-order valence-electron chi connectivity index (χ1n) is 9.87. The molecule has 0 fully saturated rings. The van der Waals surface area contributed by atoms with E-state index in [9.17, 15) is 4.79 Å². The van der Waals surface area contributed by atoms with E-state index in [1.807, 2.05) is 62.4 Å². The first-order valence-corrected chi connectivity index (χ1v) is 10.7. The lowest BCUT2D eigenvalue weighted by atomic mass is 10.2. The second-order valence-corrected chi connectivity index (χ2v) is 8.17. The number of carbonyl (C=O) groups excluding carboxylic acids is 1. The zero-order chi connectivity index (χ0) is 22.0. The van der Waals surface area contributed by atoms with Crippen molar-refractivity contribution >= 4 is 32.6 Å². The summed E-state index contributed by atoms with van der Waals surface area (Å²) in [6, 6.07) is 15.5. The molecule has 0 N–H and O–H groups in total. The van der Waals surface area contributed by atoms with Crippen molar-refractivity contribution in [2.45, 2.75) is 26.9 Å². The van der Waals surface area contributed by atoms with Gasteiger partial charge in [-0.25, -0.2) is 4.98 Å². The van der Waals surface area contributed by atoms with E-state index in [-0.39, 0.29) is 12.5 Å².